The smallest absolute Gasteiger partial charge is 0.242 e. The molecule has 1 spiro atoms. The molecule has 0 aromatic carbocycles. The van der Waals surface area contributed by atoms with Crippen LogP contribution in [0.4, 0.5) is 23.3 Å². The summed E-state index contributed by atoms with van der Waals surface area (Å²) < 4.78 is 5.43. The number of amides is 1. The number of anilines is 4. The lowest BCUT2D eigenvalue weighted by Gasteiger charge is -2.52. The van der Waals surface area contributed by atoms with E-state index in [4.69, 9.17) is 9.72 Å². The Kier molecular flexibility index (Phi) is 4.86. The van der Waals surface area contributed by atoms with Crippen molar-refractivity contribution in [2.24, 2.45) is 0 Å². The van der Waals surface area contributed by atoms with Gasteiger partial charge in [0.1, 0.15) is 17.7 Å². The van der Waals surface area contributed by atoms with Crippen LogP contribution in [0.25, 0.3) is 0 Å². The van der Waals surface area contributed by atoms with Crippen LogP contribution in [-0.4, -0.2) is 65.3 Å². The minimum absolute atomic E-state index is 0.0164. The number of aromatic nitrogens is 3. The predicted molar refractivity (Wildman–Crippen MR) is 121 cm³/mol. The van der Waals surface area contributed by atoms with Crippen LogP contribution in [0, 0.1) is 0 Å². The standard InChI is InChI=1S/C23H29N7O2/c31-21-18-5-3-16-13-25-22(28-20(16)30(18)23(15-26-21)7-1-2-8-23)27-19-6-4-17(14-24-19)29-9-11-32-12-10-29/h4,6,13-14,18H,1-3,5,7-12,15H2,(H,26,31)(H,24,25,27,28). The van der Waals surface area contributed by atoms with Crippen molar-refractivity contribution in [1.29, 1.82) is 0 Å². The molecule has 5 heterocycles. The summed E-state index contributed by atoms with van der Waals surface area (Å²) in [4.78, 5) is 31.3. The molecule has 3 fully saturated rings. The first-order valence-electron chi connectivity index (χ1n) is 11.7. The van der Waals surface area contributed by atoms with E-state index in [1.165, 1.54) is 12.8 Å². The van der Waals surface area contributed by atoms with Crippen molar-refractivity contribution in [1.82, 2.24) is 20.3 Å². The van der Waals surface area contributed by atoms with Crippen molar-refractivity contribution >= 4 is 29.2 Å². The van der Waals surface area contributed by atoms with E-state index < -0.39 is 0 Å². The average Bonchev–Trinajstić information content (AvgIpc) is 3.31. The van der Waals surface area contributed by atoms with Crippen LogP contribution in [0.15, 0.2) is 24.5 Å². The van der Waals surface area contributed by atoms with Crippen molar-refractivity contribution in [3.8, 4) is 0 Å². The number of carbonyl (C=O) groups is 1. The van der Waals surface area contributed by atoms with Gasteiger partial charge < -0.3 is 25.2 Å². The number of hydrogen-bond acceptors (Lipinski definition) is 8. The van der Waals surface area contributed by atoms with E-state index in [1.54, 1.807) is 0 Å². The number of fused-ring (bicyclic) bond motifs is 4. The third-order valence-electron chi connectivity index (χ3n) is 7.37. The Morgan fingerprint density at radius 2 is 1.97 bits per heavy atom. The number of morpholine rings is 1. The lowest BCUT2D eigenvalue weighted by atomic mass is 9.85. The summed E-state index contributed by atoms with van der Waals surface area (Å²) >= 11 is 0. The van der Waals surface area contributed by atoms with Crippen LogP contribution in [0.2, 0.25) is 0 Å². The van der Waals surface area contributed by atoms with E-state index in [-0.39, 0.29) is 17.5 Å². The van der Waals surface area contributed by atoms with Crippen molar-refractivity contribution in [3.05, 3.63) is 30.1 Å². The molecule has 168 valence electrons. The summed E-state index contributed by atoms with van der Waals surface area (Å²) in [6, 6.07) is 3.89. The second kappa shape index (κ2) is 7.88. The summed E-state index contributed by atoms with van der Waals surface area (Å²) in [5, 5.41) is 6.44. The van der Waals surface area contributed by atoms with E-state index in [1.807, 2.05) is 18.5 Å². The molecule has 1 unspecified atom stereocenters. The van der Waals surface area contributed by atoms with Gasteiger partial charge in [0.25, 0.3) is 0 Å². The third kappa shape index (κ3) is 3.35. The van der Waals surface area contributed by atoms with Gasteiger partial charge in [0.2, 0.25) is 11.9 Å². The highest BCUT2D eigenvalue weighted by atomic mass is 16.5. The summed E-state index contributed by atoms with van der Waals surface area (Å²) in [6.45, 7) is 3.97. The Bertz CT molecular complexity index is 1000. The van der Waals surface area contributed by atoms with Crippen molar-refractivity contribution in [2.75, 3.05) is 48.0 Å². The van der Waals surface area contributed by atoms with Crippen LogP contribution in [0.3, 0.4) is 0 Å². The number of pyridine rings is 1. The zero-order valence-electron chi connectivity index (χ0n) is 18.2. The molecule has 2 aromatic heterocycles. The second-order valence-corrected chi connectivity index (χ2v) is 9.24. The highest BCUT2D eigenvalue weighted by molar-refractivity contribution is 5.88. The summed E-state index contributed by atoms with van der Waals surface area (Å²) in [5.41, 5.74) is 2.20. The maximum atomic E-state index is 12.7. The van der Waals surface area contributed by atoms with E-state index in [0.29, 0.717) is 18.3 Å². The number of nitrogens with zero attached hydrogens (tertiary/aromatic N) is 5. The van der Waals surface area contributed by atoms with Gasteiger partial charge in [0, 0.05) is 31.4 Å². The maximum Gasteiger partial charge on any atom is 0.242 e. The molecule has 0 bridgehead atoms. The Morgan fingerprint density at radius 1 is 1.12 bits per heavy atom. The zero-order chi connectivity index (χ0) is 21.5. The van der Waals surface area contributed by atoms with Crippen molar-refractivity contribution in [3.63, 3.8) is 0 Å². The quantitative estimate of drug-likeness (QED) is 0.756. The van der Waals surface area contributed by atoms with Gasteiger partial charge >= 0.3 is 0 Å². The molecule has 3 aliphatic heterocycles. The normalized spacial score (nSPS) is 24.1. The Balaban J connectivity index is 1.27. The number of ether oxygens (including phenoxy) is 1. The van der Waals surface area contributed by atoms with Gasteiger partial charge in [-0.25, -0.2) is 9.97 Å². The fourth-order valence-corrected chi connectivity index (χ4v) is 5.70. The van der Waals surface area contributed by atoms with Gasteiger partial charge in [0.05, 0.1) is 30.6 Å². The average molecular weight is 436 g/mol. The molecular weight excluding hydrogens is 406 g/mol. The SMILES string of the molecule is O=C1NCC2(CCCC2)N2c3nc(Nc4ccc(N5CCOCC5)cn4)ncc3CCC12. The minimum atomic E-state index is -0.136. The molecule has 4 aliphatic rings. The van der Waals surface area contributed by atoms with Gasteiger partial charge in [-0.3, -0.25) is 4.79 Å². The topological polar surface area (TPSA) is 95.5 Å². The molecule has 9 heteroatoms. The molecule has 1 amide bonds. The lowest BCUT2D eigenvalue weighted by molar-refractivity contribution is -0.125. The predicted octanol–water partition coefficient (Wildman–Crippen LogP) is 2.02. The number of aryl methyl sites for hydroxylation is 1. The fourth-order valence-electron chi connectivity index (χ4n) is 5.70. The Hall–Kier alpha value is -2.94. The van der Waals surface area contributed by atoms with Crippen molar-refractivity contribution in [2.45, 2.75) is 50.1 Å². The van der Waals surface area contributed by atoms with E-state index in [2.05, 4.69) is 36.5 Å². The molecular formula is C23H29N7O2. The fraction of sp³-hybridized carbons (Fsp3) is 0.565. The van der Waals surface area contributed by atoms with Crippen LogP contribution < -0.4 is 20.4 Å². The molecule has 1 aliphatic carbocycles. The molecule has 2 aromatic rings. The second-order valence-electron chi connectivity index (χ2n) is 9.24. The van der Waals surface area contributed by atoms with Crippen molar-refractivity contribution < 1.29 is 9.53 Å². The number of hydrogen-bond donors (Lipinski definition) is 2. The highest BCUT2D eigenvalue weighted by Crippen LogP contribution is 2.44. The highest BCUT2D eigenvalue weighted by Gasteiger charge is 2.51. The molecule has 9 nitrogen and oxygen atoms in total. The first-order valence-corrected chi connectivity index (χ1v) is 11.7. The monoisotopic (exact) mass is 435 g/mol. The number of piperazine rings is 1. The number of nitrogens with one attached hydrogen (secondary N) is 2. The third-order valence-corrected chi connectivity index (χ3v) is 7.37. The summed E-state index contributed by atoms with van der Waals surface area (Å²) in [6.07, 6.45) is 10.0. The van der Waals surface area contributed by atoms with Gasteiger partial charge in [0.15, 0.2) is 0 Å². The van der Waals surface area contributed by atoms with Gasteiger partial charge in [-0.15, -0.1) is 0 Å². The van der Waals surface area contributed by atoms with E-state index in [9.17, 15) is 4.79 Å². The van der Waals surface area contributed by atoms with Gasteiger partial charge in [-0.05, 0) is 37.8 Å². The molecule has 2 saturated heterocycles. The molecule has 1 saturated carbocycles. The van der Waals surface area contributed by atoms with Crippen LogP contribution in [-0.2, 0) is 16.0 Å². The molecule has 2 N–H and O–H groups in total. The first-order chi connectivity index (χ1) is 15.7. The number of carbonyl (C=O) groups excluding carboxylic acids is 1. The van der Waals surface area contributed by atoms with E-state index in [0.717, 1.165) is 69.1 Å². The molecule has 32 heavy (non-hydrogen) atoms. The summed E-state index contributed by atoms with van der Waals surface area (Å²) in [7, 11) is 0. The number of rotatable bonds is 3. The molecule has 6 rings (SSSR count). The van der Waals surface area contributed by atoms with Crippen LogP contribution in [0.5, 0.6) is 0 Å². The molecule has 0 radical (unpaired) electrons. The minimum Gasteiger partial charge on any atom is -0.378 e. The van der Waals surface area contributed by atoms with Gasteiger partial charge in [-0.1, -0.05) is 12.8 Å². The largest absolute Gasteiger partial charge is 0.378 e. The van der Waals surface area contributed by atoms with Gasteiger partial charge in [-0.2, -0.15) is 4.98 Å². The summed E-state index contributed by atoms with van der Waals surface area (Å²) in [5.74, 6) is 2.28. The zero-order valence-corrected chi connectivity index (χ0v) is 18.2. The van der Waals surface area contributed by atoms with Crippen LogP contribution >= 0.6 is 0 Å². The van der Waals surface area contributed by atoms with Crippen LogP contribution in [0.1, 0.15) is 37.7 Å². The van der Waals surface area contributed by atoms with E-state index >= 15 is 0 Å². The maximum absolute atomic E-state index is 12.7. The lowest BCUT2D eigenvalue weighted by Crippen LogP contribution is -2.68. The molecule has 1 atom stereocenters. The Labute approximate surface area is 187 Å². The Morgan fingerprint density at radius 3 is 2.75 bits per heavy atom. The first kappa shape index (κ1) is 19.7.